The number of hydrogen-bond donors (Lipinski definition) is 3. The first-order valence-electron chi connectivity index (χ1n) is 9.10. The number of nitrogens with two attached hydrogens (primary N) is 1. The lowest BCUT2D eigenvalue weighted by Gasteiger charge is -2.31. The van der Waals surface area contributed by atoms with E-state index < -0.39 is 16.1 Å². The minimum absolute atomic E-state index is 0. The Morgan fingerprint density at radius 2 is 1.93 bits per heavy atom. The van der Waals surface area contributed by atoms with E-state index in [4.69, 9.17) is 10.3 Å². The van der Waals surface area contributed by atoms with Gasteiger partial charge >= 0.3 is 0 Å². The van der Waals surface area contributed by atoms with Crippen molar-refractivity contribution in [3.63, 3.8) is 0 Å². The third-order valence-electron chi connectivity index (χ3n) is 4.94. The maximum atomic E-state index is 12.7. The van der Waals surface area contributed by atoms with Crippen molar-refractivity contribution in [2.75, 3.05) is 5.73 Å². The number of aliphatic hydroxyl groups is 1. The molecule has 0 amide bonds. The third kappa shape index (κ3) is 4.31. The van der Waals surface area contributed by atoms with Crippen LogP contribution in [0.1, 0.15) is 24.2 Å². The van der Waals surface area contributed by atoms with Gasteiger partial charge < -0.3 is 15.4 Å². The molecule has 9 nitrogen and oxygen atoms in total. The van der Waals surface area contributed by atoms with Crippen molar-refractivity contribution in [3.05, 3.63) is 41.9 Å². The second kappa shape index (κ2) is 8.31. The second-order valence-corrected chi connectivity index (χ2v) is 8.94. The van der Waals surface area contributed by atoms with Crippen LogP contribution >= 0.6 is 12.4 Å². The number of hydrogen-bond acceptors (Lipinski definition) is 8. The van der Waals surface area contributed by atoms with E-state index in [1.165, 1.54) is 0 Å². The number of benzene rings is 1. The van der Waals surface area contributed by atoms with E-state index in [1.54, 1.807) is 37.4 Å². The summed E-state index contributed by atoms with van der Waals surface area (Å²) in [4.78, 5) is 8.54. The molecule has 1 aromatic carbocycles. The fraction of sp³-hybridized carbons (Fsp3) is 0.316. The molecule has 1 saturated carbocycles. The van der Waals surface area contributed by atoms with Crippen molar-refractivity contribution in [1.82, 2.24) is 19.8 Å². The summed E-state index contributed by atoms with van der Waals surface area (Å²) in [6.45, 7) is 3.58. The quantitative estimate of drug-likeness (QED) is 0.535. The minimum Gasteiger partial charge on any atom is -0.393 e. The first-order chi connectivity index (χ1) is 13.7. The standard InChI is InChI=1S/C19H21N5O4S.ClH/c1-10-3-4-15(29(26,27)24-13-6-14(25)7-13)8-16(10)12-5-17(18(20)21-9-12)19-22-11(2)23-28-19;/h3-5,8-9,13-14,24-25H,6-7H2,1-2H3,(H2,20,21);1H. The molecule has 30 heavy (non-hydrogen) atoms. The predicted octanol–water partition coefficient (Wildman–Crippen LogP) is 2.22. The summed E-state index contributed by atoms with van der Waals surface area (Å²) in [5.41, 5.74) is 8.71. The van der Waals surface area contributed by atoms with Crippen molar-refractivity contribution in [2.45, 2.75) is 43.7 Å². The molecule has 0 unspecified atom stereocenters. The Bertz CT molecular complexity index is 1180. The largest absolute Gasteiger partial charge is 0.393 e. The number of nitrogen functional groups attached to an aromatic ring is 1. The summed E-state index contributed by atoms with van der Waals surface area (Å²) in [5, 5.41) is 13.2. The van der Waals surface area contributed by atoms with Gasteiger partial charge in [0.05, 0.1) is 16.6 Å². The van der Waals surface area contributed by atoms with E-state index in [0.29, 0.717) is 35.4 Å². The van der Waals surface area contributed by atoms with Crippen LogP contribution in [0.15, 0.2) is 39.9 Å². The van der Waals surface area contributed by atoms with E-state index in [2.05, 4.69) is 19.8 Å². The van der Waals surface area contributed by atoms with Crippen molar-refractivity contribution in [2.24, 2.45) is 0 Å². The highest BCUT2D eigenvalue weighted by atomic mass is 35.5. The number of aryl methyl sites for hydroxylation is 2. The third-order valence-corrected chi connectivity index (χ3v) is 6.46. The number of halogens is 1. The SMILES string of the molecule is Cc1noc(-c2cc(-c3cc(S(=O)(=O)NC4CC(O)C4)ccc3C)cnc2N)n1.Cl. The van der Waals surface area contributed by atoms with E-state index in [0.717, 1.165) is 5.56 Å². The van der Waals surface area contributed by atoms with Gasteiger partial charge in [0.25, 0.3) is 5.89 Å². The Labute approximate surface area is 180 Å². The highest BCUT2D eigenvalue weighted by molar-refractivity contribution is 7.89. The molecule has 0 bridgehead atoms. The molecule has 0 aliphatic heterocycles. The smallest absolute Gasteiger partial charge is 0.261 e. The molecular weight excluding hydrogens is 430 g/mol. The Balaban J connectivity index is 0.00000256. The molecular formula is C19H22ClN5O4S. The van der Waals surface area contributed by atoms with Crippen LogP contribution in [0.4, 0.5) is 5.82 Å². The predicted molar refractivity (Wildman–Crippen MR) is 113 cm³/mol. The normalized spacial score (nSPS) is 18.5. The molecule has 0 radical (unpaired) electrons. The Hall–Kier alpha value is -2.53. The summed E-state index contributed by atoms with van der Waals surface area (Å²) < 4.78 is 33.3. The molecule has 11 heteroatoms. The van der Waals surface area contributed by atoms with E-state index in [9.17, 15) is 13.5 Å². The molecule has 3 aromatic rings. The van der Waals surface area contributed by atoms with Crippen LogP contribution in [0.2, 0.25) is 0 Å². The fourth-order valence-electron chi connectivity index (χ4n) is 3.25. The van der Waals surface area contributed by atoms with Crippen molar-refractivity contribution in [1.29, 1.82) is 0 Å². The number of nitrogens with zero attached hydrogens (tertiary/aromatic N) is 3. The Morgan fingerprint density at radius 3 is 2.57 bits per heavy atom. The Kier molecular flexibility index (Phi) is 6.14. The lowest BCUT2D eigenvalue weighted by molar-refractivity contribution is 0.0712. The zero-order chi connectivity index (χ0) is 20.8. The van der Waals surface area contributed by atoms with Crippen LogP contribution in [-0.2, 0) is 10.0 Å². The molecule has 0 atom stereocenters. The van der Waals surface area contributed by atoms with Gasteiger partial charge in [0.15, 0.2) is 5.82 Å². The molecule has 1 aliphatic carbocycles. The van der Waals surface area contributed by atoms with Crippen LogP contribution in [-0.4, -0.2) is 40.8 Å². The van der Waals surface area contributed by atoms with Gasteiger partial charge in [0, 0.05) is 17.8 Å². The average Bonchev–Trinajstić information content (AvgIpc) is 3.07. The molecule has 2 aromatic heterocycles. The highest BCUT2D eigenvalue weighted by Crippen LogP contribution is 2.32. The maximum absolute atomic E-state index is 12.7. The van der Waals surface area contributed by atoms with E-state index in [-0.39, 0.29) is 35.1 Å². The number of anilines is 1. The first kappa shape index (κ1) is 22.2. The highest BCUT2D eigenvalue weighted by Gasteiger charge is 2.31. The lowest BCUT2D eigenvalue weighted by Crippen LogP contribution is -2.46. The molecule has 2 heterocycles. The lowest BCUT2D eigenvalue weighted by atomic mass is 9.91. The number of sulfonamides is 1. The zero-order valence-corrected chi connectivity index (χ0v) is 18.0. The monoisotopic (exact) mass is 451 g/mol. The van der Waals surface area contributed by atoms with Crippen molar-refractivity contribution < 1.29 is 18.0 Å². The molecule has 160 valence electrons. The Morgan fingerprint density at radius 1 is 1.20 bits per heavy atom. The number of aliphatic hydroxyl groups excluding tert-OH is 1. The van der Waals surface area contributed by atoms with Gasteiger partial charge in [-0.25, -0.2) is 18.1 Å². The van der Waals surface area contributed by atoms with Crippen LogP contribution in [0, 0.1) is 13.8 Å². The summed E-state index contributed by atoms with van der Waals surface area (Å²) in [5.74, 6) is 0.964. The topological polar surface area (TPSA) is 144 Å². The minimum atomic E-state index is -3.71. The van der Waals surface area contributed by atoms with Gasteiger partial charge in [0.1, 0.15) is 5.82 Å². The second-order valence-electron chi connectivity index (χ2n) is 7.22. The summed E-state index contributed by atoms with van der Waals surface area (Å²) in [7, 11) is -3.71. The van der Waals surface area contributed by atoms with Crippen molar-refractivity contribution >= 4 is 28.2 Å². The number of nitrogens with one attached hydrogen (secondary N) is 1. The van der Waals surface area contributed by atoms with Gasteiger partial charge in [-0.05, 0) is 56.0 Å². The average molecular weight is 452 g/mol. The maximum Gasteiger partial charge on any atom is 0.261 e. The zero-order valence-electron chi connectivity index (χ0n) is 16.4. The van der Waals surface area contributed by atoms with Gasteiger partial charge in [-0.1, -0.05) is 11.2 Å². The molecule has 4 N–H and O–H groups in total. The summed E-state index contributed by atoms with van der Waals surface area (Å²) in [6, 6.07) is 6.41. The molecule has 4 rings (SSSR count). The van der Waals surface area contributed by atoms with Gasteiger partial charge in [0.2, 0.25) is 10.0 Å². The first-order valence-corrected chi connectivity index (χ1v) is 10.6. The van der Waals surface area contributed by atoms with Crippen LogP contribution < -0.4 is 10.5 Å². The van der Waals surface area contributed by atoms with Crippen LogP contribution in [0.3, 0.4) is 0 Å². The number of rotatable bonds is 5. The summed E-state index contributed by atoms with van der Waals surface area (Å²) >= 11 is 0. The van der Waals surface area contributed by atoms with Crippen LogP contribution in [0.25, 0.3) is 22.6 Å². The van der Waals surface area contributed by atoms with Crippen LogP contribution in [0.5, 0.6) is 0 Å². The fourth-order valence-corrected chi connectivity index (χ4v) is 4.54. The summed E-state index contributed by atoms with van der Waals surface area (Å²) in [6.07, 6.45) is 1.99. The van der Waals surface area contributed by atoms with E-state index >= 15 is 0 Å². The molecule has 1 fully saturated rings. The molecule has 1 aliphatic rings. The van der Waals surface area contributed by atoms with Crippen molar-refractivity contribution in [3.8, 4) is 22.6 Å². The van der Waals surface area contributed by atoms with Gasteiger partial charge in [-0.3, -0.25) is 0 Å². The number of pyridine rings is 1. The van der Waals surface area contributed by atoms with Gasteiger partial charge in [-0.2, -0.15) is 4.98 Å². The van der Waals surface area contributed by atoms with E-state index in [1.807, 2.05) is 6.92 Å². The molecule has 0 saturated heterocycles. The molecule has 0 spiro atoms. The number of aromatic nitrogens is 3. The van der Waals surface area contributed by atoms with Gasteiger partial charge in [-0.15, -0.1) is 12.4 Å².